The lowest BCUT2D eigenvalue weighted by atomic mass is 10.3. The molecule has 1 rings (SSSR count). The van der Waals surface area contributed by atoms with E-state index < -0.39 is 11.0 Å². The number of rotatable bonds is 7. The monoisotopic (exact) mass is 322 g/mol. The molecule has 0 saturated heterocycles. The number of hydrogen-bond donors (Lipinski definition) is 2. The van der Waals surface area contributed by atoms with Crippen LogP contribution in [0.15, 0.2) is 12.1 Å². The Morgan fingerprint density at radius 2 is 2.00 bits per heavy atom. The number of nitrogens with zero attached hydrogens (tertiary/aromatic N) is 1. The number of aliphatic hydroxyl groups is 1. The van der Waals surface area contributed by atoms with Crippen LogP contribution in [0.5, 0.6) is 5.75 Å². The Labute approximate surface area is 126 Å². The predicted octanol–water partition coefficient (Wildman–Crippen LogP) is 2.64. The van der Waals surface area contributed by atoms with Gasteiger partial charge in [-0.1, -0.05) is 37.0 Å². The summed E-state index contributed by atoms with van der Waals surface area (Å²) in [5.74, 6) is -0.0204. The van der Waals surface area contributed by atoms with E-state index in [1.165, 1.54) is 6.07 Å². The molecule has 1 aromatic rings. The van der Waals surface area contributed by atoms with Crippen molar-refractivity contribution >= 4 is 28.9 Å². The second kappa shape index (κ2) is 7.64. The average molecular weight is 323 g/mol. The number of halogens is 2. The van der Waals surface area contributed by atoms with E-state index in [9.17, 15) is 15.2 Å². The van der Waals surface area contributed by atoms with Crippen molar-refractivity contribution in [3.8, 4) is 5.75 Å². The molecule has 0 spiro atoms. The number of hydrogen-bond acceptors (Lipinski definition) is 5. The summed E-state index contributed by atoms with van der Waals surface area (Å²) in [7, 11) is 0. The zero-order valence-corrected chi connectivity index (χ0v) is 12.6. The summed E-state index contributed by atoms with van der Waals surface area (Å²) >= 11 is 11.5. The van der Waals surface area contributed by atoms with Gasteiger partial charge >= 0.3 is 5.69 Å². The number of nitro benzene ring substituents is 1. The lowest BCUT2D eigenvalue weighted by Crippen LogP contribution is -2.35. The quantitative estimate of drug-likeness (QED) is 0.595. The van der Waals surface area contributed by atoms with Crippen LogP contribution in [0.2, 0.25) is 10.0 Å². The van der Waals surface area contributed by atoms with E-state index in [-0.39, 0.29) is 34.1 Å². The van der Waals surface area contributed by atoms with Crippen LogP contribution in [0.3, 0.4) is 0 Å². The van der Waals surface area contributed by atoms with Crippen LogP contribution in [0.4, 0.5) is 5.69 Å². The van der Waals surface area contributed by atoms with Gasteiger partial charge in [-0.25, -0.2) is 0 Å². The van der Waals surface area contributed by atoms with Crippen molar-refractivity contribution in [3.05, 3.63) is 32.3 Å². The van der Waals surface area contributed by atoms with Gasteiger partial charge in [0.25, 0.3) is 0 Å². The summed E-state index contributed by atoms with van der Waals surface area (Å²) < 4.78 is 5.25. The third kappa shape index (κ3) is 5.13. The molecule has 0 radical (unpaired) electrons. The Kier molecular flexibility index (Phi) is 6.48. The van der Waals surface area contributed by atoms with E-state index in [2.05, 4.69) is 5.32 Å². The van der Waals surface area contributed by atoms with Crippen molar-refractivity contribution in [2.24, 2.45) is 0 Å². The van der Waals surface area contributed by atoms with Gasteiger partial charge in [0.05, 0.1) is 15.0 Å². The summed E-state index contributed by atoms with van der Waals surface area (Å²) in [6.45, 7) is 4.13. The molecule has 0 saturated carbocycles. The van der Waals surface area contributed by atoms with Crippen LogP contribution in [-0.2, 0) is 0 Å². The molecule has 6 nitrogen and oxygen atoms in total. The van der Waals surface area contributed by atoms with Crippen molar-refractivity contribution in [2.45, 2.75) is 26.0 Å². The summed E-state index contributed by atoms with van der Waals surface area (Å²) in [6.07, 6.45) is -0.786. The molecule has 8 heteroatoms. The molecule has 1 unspecified atom stereocenters. The van der Waals surface area contributed by atoms with Crippen molar-refractivity contribution in [1.29, 1.82) is 0 Å². The zero-order chi connectivity index (χ0) is 15.3. The molecule has 0 aliphatic carbocycles. The van der Waals surface area contributed by atoms with E-state index in [4.69, 9.17) is 27.9 Å². The number of aliphatic hydroxyl groups excluding tert-OH is 1. The highest BCUT2D eigenvalue weighted by atomic mass is 35.5. The smallest absolute Gasteiger partial charge is 0.312 e. The Morgan fingerprint density at radius 3 is 2.55 bits per heavy atom. The first kappa shape index (κ1) is 17.0. The van der Waals surface area contributed by atoms with Gasteiger partial charge in [-0.15, -0.1) is 0 Å². The van der Waals surface area contributed by atoms with Crippen molar-refractivity contribution in [3.63, 3.8) is 0 Å². The molecule has 0 aliphatic rings. The number of ether oxygens (including phenoxy) is 1. The molecular formula is C12H16Cl2N2O4. The molecule has 0 heterocycles. The van der Waals surface area contributed by atoms with Crippen LogP contribution >= 0.6 is 23.2 Å². The third-order valence-corrected chi connectivity index (χ3v) is 3.11. The molecule has 0 amide bonds. The fraction of sp³-hybridized carbons (Fsp3) is 0.500. The minimum absolute atomic E-state index is 0.0204. The maximum Gasteiger partial charge on any atom is 0.312 e. The lowest BCUT2D eigenvalue weighted by Gasteiger charge is -2.15. The normalized spacial score (nSPS) is 12.5. The second-order valence-corrected chi connectivity index (χ2v) is 5.33. The van der Waals surface area contributed by atoms with Crippen LogP contribution < -0.4 is 10.1 Å². The Balaban J connectivity index is 2.72. The van der Waals surface area contributed by atoms with Gasteiger partial charge in [0.1, 0.15) is 12.7 Å². The minimum Gasteiger partial charge on any atom is -0.484 e. The molecule has 20 heavy (non-hydrogen) atoms. The largest absolute Gasteiger partial charge is 0.484 e. The van der Waals surface area contributed by atoms with Crippen molar-refractivity contribution < 1.29 is 14.8 Å². The first-order chi connectivity index (χ1) is 9.31. The molecule has 112 valence electrons. The van der Waals surface area contributed by atoms with Crippen molar-refractivity contribution in [1.82, 2.24) is 5.32 Å². The molecule has 2 N–H and O–H groups in total. The summed E-state index contributed by atoms with van der Waals surface area (Å²) in [4.78, 5) is 10.3. The van der Waals surface area contributed by atoms with Gasteiger partial charge in [-0.2, -0.15) is 0 Å². The number of nitrogens with one attached hydrogen (secondary N) is 1. The Morgan fingerprint density at radius 1 is 1.40 bits per heavy atom. The van der Waals surface area contributed by atoms with Crippen LogP contribution in [0, 0.1) is 10.1 Å². The van der Waals surface area contributed by atoms with E-state index in [0.717, 1.165) is 6.07 Å². The molecule has 1 atom stereocenters. The summed E-state index contributed by atoms with van der Waals surface area (Å²) in [6, 6.07) is 2.62. The molecule has 0 bridgehead atoms. The molecule has 0 fully saturated rings. The standard InChI is InChI=1S/C12H16Cl2N2O4/c1-7(2)15-5-8(17)6-20-12-4-10(14)9(13)3-11(12)16(18)19/h3-4,7-8,15,17H,5-6H2,1-2H3. The van der Waals surface area contributed by atoms with Gasteiger partial charge in [-0.3, -0.25) is 10.1 Å². The van der Waals surface area contributed by atoms with E-state index in [1.54, 1.807) is 0 Å². The van der Waals surface area contributed by atoms with Crippen LogP contribution in [-0.4, -0.2) is 35.3 Å². The fourth-order valence-electron chi connectivity index (χ4n) is 1.39. The maximum absolute atomic E-state index is 10.9. The van der Waals surface area contributed by atoms with E-state index in [0.29, 0.717) is 6.54 Å². The Hall–Kier alpha value is -1.08. The maximum atomic E-state index is 10.9. The van der Waals surface area contributed by atoms with Crippen LogP contribution in [0.1, 0.15) is 13.8 Å². The SMILES string of the molecule is CC(C)NCC(O)COc1cc(Cl)c(Cl)cc1[N+](=O)[O-]. The van der Waals surface area contributed by atoms with Gasteiger partial charge in [0, 0.05) is 24.7 Å². The van der Waals surface area contributed by atoms with Crippen LogP contribution in [0.25, 0.3) is 0 Å². The highest BCUT2D eigenvalue weighted by Gasteiger charge is 2.19. The first-order valence-electron chi connectivity index (χ1n) is 5.99. The lowest BCUT2D eigenvalue weighted by molar-refractivity contribution is -0.385. The second-order valence-electron chi connectivity index (χ2n) is 4.52. The summed E-state index contributed by atoms with van der Waals surface area (Å²) in [5.41, 5.74) is -0.289. The van der Waals surface area contributed by atoms with Gasteiger partial charge < -0.3 is 15.2 Å². The van der Waals surface area contributed by atoms with Gasteiger partial charge in [-0.05, 0) is 0 Å². The number of benzene rings is 1. The highest BCUT2D eigenvalue weighted by Crippen LogP contribution is 2.35. The number of nitro groups is 1. The molecule has 0 aromatic heterocycles. The molecule has 1 aromatic carbocycles. The Bertz CT molecular complexity index is 483. The van der Waals surface area contributed by atoms with Crippen molar-refractivity contribution in [2.75, 3.05) is 13.2 Å². The summed E-state index contributed by atoms with van der Waals surface area (Å²) in [5, 5.41) is 23.8. The average Bonchev–Trinajstić information content (AvgIpc) is 2.36. The topological polar surface area (TPSA) is 84.6 Å². The highest BCUT2D eigenvalue weighted by molar-refractivity contribution is 6.42. The predicted molar refractivity (Wildman–Crippen MR) is 77.8 cm³/mol. The third-order valence-electron chi connectivity index (χ3n) is 2.39. The zero-order valence-electron chi connectivity index (χ0n) is 11.1. The van der Waals surface area contributed by atoms with Gasteiger partial charge in [0.2, 0.25) is 0 Å². The van der Waals surface area contributed by atoms with E-state index in [1.807, 2.05) is 13.8 Å². The molecular weight excluding hydrogens is 307 g/mol. The minimum atomic E-state index is -0.786. The first-order valence-corrected chi connectivity index (χ1v) is 6.74. The fourth-order valence-corrected chi connectivity index (χ4v) is 1.70. The van der Waals surface area contributed by atoms with Gasteiger partial charge in [0.15, 0.2) is 5.75 Å². The molecule has 0 aliphatic heterocycles. The van der Waals surface area contributed by atoms with E-state index >= 15 is 0 Å².